The Balaban J connectivity index is 2.38. The van der Waals surface area contributed by atoms with Crippen LogP contribution in [0.25, 0.3) is 21.9 Å². The molecular formula is C21H23NO4. The predicted octanol–water partition coefficient (Wildman–Crippen LogP) is 3.68. The highest BCUT2D eigenvalue weighted by Crippen LogP contribution is 2.40. The maximum atomic E-state index is 9.98. The highest BCUT2D eigenvalue weighted by molar-refractivity contribution is 6.00. The third-order valence-corrected chi connectivity index (χ3v) is 4.30. The molecule has 0 spiro atoms. The third kappa shape index (κ3) is 3.36. The molecule has 0 amide bonds. The fourth-order valence-electron chi connectivity index (χ4n) is 3.22. The van der Waals surface area contributed by atoms with Crippen molar-refractivity contribution in [2.24, 2.45) is 0 Å². The summed E-state index contributed by atoms with van der Waals surface area (Å²) in [6.45, 7) is 4.60. The van der Waals surface area contributed by atoms with E-state index >= 15 is 0 Å². The van der Waals surface area contributed by atoms with Gasteiger partial charge in [-0.25, -0.2) is 0 Å². The minimum absolute atomic E-state index is 0.152. The summed E-state index contributed by atoms with van der Waals surface area (Å²) in [7, 11) is 0. The SMILES string of the molecule is CCOc1cc2cc(CO)c(CO)c(-c3ccncc3)c2cc1OCC. The van der Waals surface area contributed by atoms with Gasteiger partial charge in [-0.15, -0.1) is 0 Å². The van der Waals surface area contributed by atoms with Crippen LogP contribution in [0.15, 0.2) is 42.7 Å². The quantitative estimate of drug-likeness (QED) is 0.678. The number of aromatic nitrogens is 1. The Morgan fingerprint density at radius 1 is 0.885 bits per heavy atom. The lowest BCUT2D eigenvalue weighted by molar-refractivity contribution is 0.260. The zero-order valence-electron chi connectivity index (χ0n) is 15.0. The Bertz CT molecular complexity index is 894. The summed E-state index contributed by atoms with van der Waals surface area (Å²) in [5, 5.41) is 21.6. The molecule has 2 N–H and O–H groups in total. The monoisotopic (exact) mass is 353 g/mol. The largest absolute Gasteiger partial charge is 0.490 e. The van der Waals surface area contributed by atoms with E-state index < -0.39 is 0 Å². The number of aliphatic hydroxyl groups excluding tert-OH is 2. The molecule has 2 aromatic carbocycles. The molecule has 1 heterocycles. The van der Waals surface area contributed by atoms with E-state index in [0.29, 0.717) is 35.8 Å². The highest BCUT2D eigenvalue weighted by Gasteiger charge is 2.17. The van der Waals surface area contributed by atoms with Gasteiger partial charge in [0.15, 0.2) is 11.5 Å². The molecule has 0 saturated heterocycles. The van der Waals surface area contributed by atoms with Crippen molar-refractivity contribution in [3.63, 3.8) is 0 Å². The molecule has 0 saturated carbocycles. The molecule has 0 fully saturated rings. The van der Waals surface area contributed by atoms with Crippen molar-refractivity contribution in [2.75, 3.05) is 13.2 Å². The van der Waals surface area contributed by atoms with Gasteiger partial charge in [0.2, 0.25) is 0 Å². The molecule has 1 aromatic heterocycles. The van der Waals surface area contributed by atoms with Crippen LogP contribution in [0.2, 0.25) is 0 Å². The van der Waals surface area contributed by atoms with Crippen LogP contribution in [0.4, 0.5) is 0 Å². The minimum atomic E-state index is -0.166. The second kappa shape index (κ2) is 8.17. The molecule has 0 bridgehead atoms. The van der Waals surface area contributed by atoms with Crippen LogP contribution in [-0.2, 0) is 13.2 Å². The van der Waals surface area contributed by atoms with Gasteiger partial charge >= 0.3 is 0 Å². The summed E-state index contributed by atoms with van der Waals surface area (Å²) >= 11 is 0. The molecule has 0 unspecified atom stereocenters. The van der Waals surface area contributed by atoms with Gasteiger partial charge in [0.1, 0.15) is 0 Å². The van der Waals surface area contributed by atoms with Crippen molar-refractivity contribution in [1.82, 2.24) is 4.98 Å². The lowest BCUT2D eigenvalue weighted by Gasteiger charge is -2.19. The summed E-state index contributed by atoms with van der Waals surface area (Å²) in [5.41, 5.74) is 3.20. The van der Waals surface area contributed by atoms with Crippen molar-refractivity contribution in [3.8, 4) is 22.6 Å². The summed E-state index contributed by atoms with van der Waals surface area (Å²) < 4.78 is 11.5. The Hall–Kier alpha value is -2.63. The lowest BCUT2D eigenvalue weighted by atomic mass is 9.90. The van der Waals surface area contributed by atoms with E-state index in [1.807, 2.05) is 44.2 Å². The summed E-state index contributed by atoms with van der Waals surface area (Å²) in [5.74, 6) is 1.33. The van der Waals surface area contributed by atoms with E-state index in [1.54, 1.807) is 12.4 Å². The van der Waals surface area contributed by atoms with E-state index in [4.69, 9.17) is 9.47 Å². The van der Waals surface area contributed by atoms with Gasteiger partial charge in [0.25, 0.3) is 0 Å². The first-order chi connectivity index (χ1) is 12.7. The fraction of sp³-hybridized carbons (Fsp3) is 0.286. The lowest BCUT2D eigenvalue weighted by Crippen LogP contribution is -2.02. The maximum absolute atomic E-state index is 9.98. The first-order valence-electron chi connectivity index (χ1n) is 8.73. The minimum Gasteiger partial charge on any atom is -0.490 e. The van der Waals surface area contributed by atoms with Crippen LogP contribution in [-0.4, -0.2) is 28.4 Å². The number of ether oxygens (including phenoxy) is 2. The molecule has 136 valence electrons. The first-order valence-corrected chi connectivity index (χ1v) is 8.73. The van der Waals surface area contributed by atoms with Crippen molar-refractivity contribution >= 4 is 10.8 Å². The number of hydrogen-bond donors (Lipinski definition) is 2. The number of fused-ring (bicyclic) bond motifs is 1. The predicted molar refractivity (Wildman–Crippen MR) is 101 cm³/mol. The molecule has 0 radical (unpaired) electrons. The Morgan fingerprint density at radius 3 is 2.12 bits per heavy atom. The van der Waals surface area contributed by atoms with Gasteiger partial charge in [0, 0.05) is 12.4 Å². The zero-order chi connectivity index (χ0) is 18.5. The van der Waals surface area contributed by atoms with E-state index in [2.05, 4.69) is 4.98 Å². The summed E-state index contributed by atoms with van der Waals surface area (Å²) in [6.07, 6.45) is 3.43. The van der Waals surface area contributed by atoms with Crippen LogP contribution < -0.4 is 9.47 Å². The van der Waals surface area contributed by atoms with Gasteiger partial charge in [-0.3, -0.25) is 4.98 Å². The summed E-state index contributed by atoms with van der Waals surface area (Å²) in [6, 6.07) is 9.55. The van der Waals surface area contributed by atoms with Crippen LogP contribution >= 0.6 is 0 Å². The second-order valence-corrected chi connectivity index (χ2v) is 5.83. The fourth-order valence-corrected chi connectivity index (χ4v) is 3.22. The second-order valence-electron chi connectivity index (χ2n) is 5.83. The number of hydrogen-bond acceptors (Lipinski definition) is 5. The van der Waals surface area contributed by atoms with Crippen molar-refractivity contribution < 1.29 is 19.7 Å². The van der Waals surface area contributed by atoms with Crippen LogP contribution in [0.1, 0.15) is 25.0 Å². The maximum Gasteiger partial charge on any atom is 0.161 e. The number of aliphatic hydroxyl groups is 2. The standard InChI is InChI=1S/C21H23NO4/c1-3-25-19-10-15-9-16(12-23)18(13-24)21(14-5-7-22-8-6-14)17(15)11-20(19)26-4-2/h5-11,23-24H,3-4,12-13H2,1-2H3. The van der Waals surface area contributed by atoms with E-state index in [-0.39, 0.29) is 13.2 Å². The average molecular weight is 353 g/mol. The topological polar surface area (TPSA) is 71.8 Å². The molecule has 0 aliphatic heterocycles. The number of pyridine rings is 1. The molecule has 0 aliphatic rings. The molecule has 3 rings (SSSR count). The van der Waals surface area contributed by atoms with Gasteiger partial charge < -0.3 is 19.7 Å². The summed E-state index contributed by atoms with van der Waals surface area (Å²) in [4.78, 5) is 4.08. The normalized spacial score (nSPS) is 10.9. The van der Waals surface area contributed by atoms with Crippen molar-refractivity contribution in [2.45, 2.75) is 27.1 Å². The Morgan fingerprint density at radius 2 is 1.54 bits per heavy atom. The van der Waals surface area contributed by atoms with Crippen LogP contribution in [0, 0.1) is 0 Å². The van der Waals surface area contributed by atoms with Gasteiger partial charge in [-0.2, -0.15) is 0 Å². The molecule has 3 aromatic rings. The number of rotatable bonds is 7. The average Bonchev–Trinajstić information content (AvgIpc) is 2.68. The van der Waals surface area contributed by atoms with Crippen LogP contribution in [0.5, 0.6) is 11.5 Å². The van der Waals surface area contributed by atoms with Gasteiger partial charge in [-0.05, 0) is 77.2 Å². The number of benzene rings is 2. The molecule has 0 atom stereocenters. The van der Waals surface area contributed by atoms with E-state index in [1.165, 1.54) is 0 Å². The van der Waals surface area contributed by atoms with Gasteiger partial charge in [-0.1, -0.05) is 0 Å². The number of nitrogens with zero attached hydrogens (tertiary/aromatic N) is 1. The Kier molecular flexibility index (Phi) is 5.71. The smallest absolute Gasteiger partial charge is 0.161 e. The molecule has 26 heavy (non-hydrogen) atoms. The Labute approximate surface area is 152 Å². The molecule has 0 aliphatic carbocycles. The van der Waals surface area contributed by atoms with E-state index in [0.717, 1.165) is 21.9 Å². The molecule has 5 heteroatoms. The van der Waals surface area contributed by atoms with Gasteiger partial charge in [0.05, 0.1) is 26.4 Å². The first kappa shape index (κ1) is 18.2. The van der Waals surface area contributed by atoms with Crippen molar-refractivity contribution in [1.29, 1.82) is 0 Å². The van der Waals surface area contributed by atoms with Crippen molar-refractivity contribution in [3.05, 3.63) is 53.9 Å². The van der Waals surface area contributed by atoms with Crippen LogP contribution in [0.3, 0.4) is 0 Å². The zero-order valence-corrected chi connectivity index (χ0v) is 15.0. The highest BCUT2D eigenvalue weighted by atomic mass is 16.5. The van der Waals surface area contributed by atoms with E-state index in [9.17, 15) is 10.2 Å². The third-order valence-electron chi connectivity index (χ3n) is 4.30. The molecule has 5 nitrogen and oxygen atoms in total. The molecular weight excluding hydrogens is 330 g/mol.